The molecule has 4 N–H and O–H groups in total. The van der Waals surface area contributed by atoms with E-state index < -0.39 is 35.2 Å². The minimum Gasteiger partial charge on any atom is -0.469 e. The van der Waals surface area contributed by atoms with Crippen LogP contribution in [-0.2, 0) is 50.0 Å². The minimum atomic E-state index is -1.20. The topological polar surface area (TPSA) is 203 Å². The van der Waals surface area contributed by atoms with Crippen LogP contribution in [0.25, 0.3) is 44.9 Å². The third-order valence-electron chi connectivity index (χ3n) is 11.2. The number of ether oxygens (including phenoxy) is 4. The number of aliphatic hydroxyl groups is 2. The van der Waals surface area contributed by atoms with Gasteiger partial charge in [-0.05, 0) is 98.2 Å². The highest BCUT2D eigenvalue weighted by atomic mass is 16.5. The van der Waals surface area contributed by atoms with E-state index in [9.17, 15) is 29.4 Å². The lowest BCUT2D eigenvalue weighted by atomic mass is 9.64. The standard InChI is InChI=1S/C44H48N4O10/c1-8-26-23(2)32-20-37-30-12-9-29(42(53)55-6)41(43(54)56-7)44(30,5)38(48-37)22-33-25(4)28(11-14-40(52)58-18-16-50)36(47-33)21-35-27(10-13-39(51)57-17-15-49)24(3)31(46-35)19-34(26)45-32/h8-9,12,19-22,41,45,47,49-50H,1,10-11,13-18H2,2-7H3/t41-,44+/m1/s1. The van der Waals surface area contributed by atoms with Gasteiger partial charge in [0.2, 0.25) is 0 Å². The molecule has 0 saturated carbocycles. The van der Waals surface area contributed by atoms with Crippen LogP contribution < -0.4 is 0 Å². The molecule has 0 saturated heterocycles. The van der Waals surface area contributed by atoms with Crippen LogP contribution in [0.5, 0.6) is 0 Å². The Morgan fingerprint density at radius 2 is 1.41 bits per heavy atom. The molecule has 0 aromatic carbocycles. The molecule has 2 atom stereocenters. The predicted molar refractivity (Wildman–Crippen MR) is 218 cm³/mol. The molecule has 0 unspecified atom stereocenters. The zero-order valence-electron chi connectivity index (χ0n) is 33.5. The average Bonchev–Trinajstić information content (AvgIpc) is 3.87. The second-order valence-electron chi connectivity index (χ2n) is 14.4. The SMILES string of the molecule is C=Cc1c(C)c2cc3nc(cc4[nH]c(cc5nc(cc1[nH]2)C(C)=C5CCC(=O)OCCO)c(CCC(=O)OCCO)c4C)[C@]1(C)C3=CC=C(C(=O)OC)[C@@H]1C(=O)OC. The molecule has 0 fully saturated rings. The largest absolute Gasteiger partial charge is 0.469 e. The summed E-state index contributed by atoms with van der Waals surface area (Å²) in [6.07, 6.45) is 5.77. The molecule has 14 nitrogen and oxygen atoms in total. The summed E-state index contributed by atoms with van der Waals surface area (Å²) < 4.78 is 20.8. The fourth-order valence-electron chi connectivity index (χ4n) is 8.04. The number of aliphatic hydroxyl groups excluding tert-OH is 2. The molecule has 3 aromatic heterocycles. The number of carbonyl (C=O) groups excluding carboxylic acids is 4. The van der Waals surface area contributed by atoms with Crippen molar-refractivity contribution in [2.75, 3.05) is 40.6 Å². The maximum atomic E-state index is 13.8. The second-order valence-corrected chi connectivity index (χ2v) is 14.4. The fraction of sp³-hybridized carbons (Fsp3) is 0.364. The van der Waals surface area contributed by atoms with Gasteiger partial charge in [-0.1, -0.05) is 24.8 Å². The van der Waals surface area contributed by atoms with Crippen molar-refractivity contribution in [3.8, 4) is 0 Å². The number of hydrogen-bond donors (Lipinski definition) is 4. The van der Waals surface area contributed by atoms with Crippen LogP contribution in [0, 0.1) is 19.8 Å². The number of nitrogens with zero attached hydrogens (tertiary/aromatic N) is 2. The van der Waals surface area contributed by atoms with Gasteiger partial charge in [0.25, 0.3) is 0 Å². The van der Waals surface area contributed by atoms with Crippen molar-refractivity contribution in [3.63, 3.8) is 0 Å². The van der Waals surface area contributed by atoms with Gasteiger partial charge >= 0.3 is 23.9 Å². The first-order valence-corrected chi connectivity index (χ1v) is 19.0. The first-order valence-electron chi connectivity index (χ1n) is 19.0. The monoisotopic (exact) mass is 792 g/mol. The third kappa shape index (κ3) is 7.64. The highest BCUT2D eigenvalue weighted by molar-refractivity contribution is 6.02. The average molecular weight is 793 g/mol. The van der Waals surface area contributed by atoms with E-state index in [0.29, 0.717) is 45.8 Å². The normalized spacial score (nSPS) is 17.2. The molecule has 2 aliphatic heterocycles. The minimum absolute atomic E-state index is 0.0176. The molecular formula is C44H48N4O10. The summed E-state index contributed by atoms with van der Waals surface area (Å²) in [5, 5.41) is 18.4. The van der Waals surface area contributed by atoms with Crippen LogP contribution >= 0.6 is 0 Å². The lowest BCUT2D eigenvalue weighted by molar-refractivity contribution is -0.149. The van der Waals surface area contributed by atoms with Gasteiger partial charge in [-0.2, -0.15) is 0 Å². The van der Waals surface area contributed by atoms with Crippen molar-refractivity contribution in [1.82, 2.24) is 19.9 Å². The number of carbonyl (C=O) groups is 4. The first kappa shape index (κ1) is 41.5. The Labute approximate surface area is 335 Å². The van der Waals surface area contributed by atoms with E-state index in [2.05, 4.69) is 16.5 Å². The maximum absolute atomic E-state index is 13.8. The summed E-state index contributed by atoms with van der Waals surface area (Å²) in [5.41, 5.74) is 9.62. The summed E-state index contributed by atoms with van der Waals surface area (Å²) in [4.78, 5) is 69.6. The van der Waals surface area contributed by atoms with Crippen LogP contribution in [-0.4, -0.2) is 94.7 Å². The quantitative estimate of drug-likeness (QED) is 0.125. The Balaban J connectivity index is 1.70. The van der Waals surface area contributed by atoms with Crippen molar-refractivity contribution in [3.05, 3.63) is 93.6 Å². The molecule has 3 aromatic rings. The molecule has 1 aliphatic carbocycles. The van der Waals surface area contributed by atoms with E-state index in [1.807, 2.05) is 52.0 Å². The highest BCUT2D eigenvalue weighted by Gasteiger charge is 2.53. The zero-order valence-corrected chi connectivity index (χ0v) is 33.5. The molecule has 8 bridgehead atoms. The molecule has 5 heterocycles. The summed E-state index contributed by atoms with van der Waals surface area (Å²) >= 11 is 0. The zero-order chi connectivity index (χ0) is 41.9. The lowest BCUT2D eigenvalue weighted by Crippen LogP contribution is -2.42. The Kier molecular flexibility index (Phi) is 12.3. The Morgan fingerprint density at radius 1 is 0.793 bits per heavy atom. The van der Waals surface area contributed by atoms with Crippen LogP contribution in [0.15, 0.2) is 48.6 Å². The number of fused-ring (bicyclic) bond motifs is 11. The van der Waals surface area contributed by atoms with Gasteiger partial charge in [0, 0.05) is 40.5 Å². The van der Waals surface area contributed by atoms with Crippen molar-refractivity contribution in [2.45, 2.75) is 58.8 Å². The fourth-order valence-corrected chi connectivity index (χ4v) is 8.04. The summed E-state index contributed by atoms with van der Waals surface area (Å²) in [5.74, 6) is -3.36. The summed E-state index contributed by atoms with van der Waals surface area (Å²) in [6, 6.07) is 7.57. The van der Waals surface area contributed by atoms with Gasteiger partial charge in [0.05, 0.1) is 61.2 Å². The van der Waals surface area contributed by atoms with E-state index in [-0.39, 0.29) is 51.3 Å². The Morgan fingerprint density at radius 3 is 2.05 bits per heavy atom. The van der Waals surface area contributed by atoms with E-state index in [0.717, 1.165) is 44.4 Å². The van der Waals surface area contributed by atoms with Crippen molar-refractivity contribution < 1.29 is 48.3 Å². The molecule has 6 rings (SSSR count). The number of aromatic nitrogens is 4. The van der Waals surface area contributed by atoms with Crippen molar-refractivity contribution in [1.29, 1.82) is 0 Å². The van der Waals surface area contributed by atoms with Gasteiger partial charge < -0.3 is 39.1 Å². The molecule has 0 spiro atoms. The van der Waals surface area contributed by atoms with Gasteiger partial charge in [-0.3, -0.25) is 19.4 Å². The maximum Gasteiger partial charge on any atom is 0.334 e. The second kappa shape index (κ2) is 17.2. The molecule has 14 heteroatoms. The van der Waals surface area contributed by atoms with Gasteiger partial charge in [-0.15, -0.1) is 0 Å². The lowest BCUT2D eigenvalue weighted by Gasteiger charge is -2.36. The Bertz CT molecular complexity index is 2470. The molecule has 58 heavy (non-hydrogen) atoms. The Hall–Kier alpha value is -6.12. The molecule has 0 amide bonds. The molecule has 304 valence electrons. The van der Waals surface area contributed by atoms with Crippen LogP contribution in [0.1, 0.15) is 78.1 Å². The van der Waals surface area contributed by atoms with Crippen LogP contribution in [0.3, 0.4) is 0 Å². The first-order chi connectivity index (χ1) is 27.8. The van der Waals surface area contributed by atoms with Gasteiger partial charge in [0.1, 0.15) is 19.1 Å². The van der Waals surface area contributed by atoms with Gasteiger partial charge in [0.15, 0.2) is 0 Å². The summed E-state index contributed by atoms with van der Waals surface area (Å²) in [6.45, 7) is 11.0. The number of hydrogen-bond acceptors (Lipinski definition) is 12. The highest BCUT2D eigenvalue weighted by Crippen LogP contribution is 2.52. The number of rotatable bonds is 13. The summed E-state index contributed by atoms with van der Waals surface area (Å²) in [7, 11) is 2.53. The molecule has 0 radical (unpaired) electrons. The van der Waals surface area contributed by atoms with Crippen LogP contribution in [0.2, 0.25) is 0 Å². The van der Waals surface area contributed by atoms with Crippen molar-refractivity contribution in [2.24, 2.45) is 5.92 Å². The third-order valence-corrected chi connectivity index (χ3v) is 11.2. The van der Waals surface area contributed by atoms with E-state index in [1.54, 1.807) is 18.2 Å². The number of H-pyrrole nitrogens is 2. The van der Waals surface area contributed by atoms with Crippen molar-refractivity contribution >= 4 is 68.7 Å². The number of aromatic amines is 2. The number of nitrogens with one attached hydrogen (secondary N) is 2. The molecule has 3 aliphatic rings. The smallest absolute Gasteiger partial charge is 0.334 e. The number of esters is 4. The number of methoxy groups -OCH3 is 2. The van der Waals surface area contributed by atoms with E-state index in [1.165, 1.54) is 14.2 Å². The molecular weight excluding hydrogens is 745 g/mol. The number of allylic oxidation sites excluding steroid dienone is 5. The van der Waals surface area contributed by atoms with E-state index in [4.69, 9.17) is 28.9 Å². The van der Waals surface area contributed by atoms with Gasteiger partial charge in [-0.25, -0.2) is 9.78 Å². The predicted octanol–water partition coefficient (Wildman–Crippen LogP) is 5.53. The number of aryl methyl sites for hydroxylation is 3. The van der Waals surface area contributed by atoms with Crippen LogP contribution in [0.4, 0.5) is 0 Å². The van der Waals surface area contributed by atoms with E-state index >= 15 is 0 Å².